The molecular weight excluding hydrogens is 401 g/mol. The van der Waals surface area contributed by atoms with Crippen molar-refractivity contribution >= 4 is 45.0 Å². The molecule has 0 aliphatic rings. The van der Waals surface area contributed by atoms with Crippen LogP contribution < -0.4 is 10.5 Å². The Morgan fingerprint density at radius 2 is 2.18 bits per heavy atom. The molecule has 9 heteroatoms. The molecular formula is C13H10IN5O3. The quantitative estimate of drug-likeness (QED) is 0.403. The number of halogens is 1. The van der Waals surface area contributed by atoms with Gasteiger partial charge in [0.15, 0.2) is 5.75 Å². The normalized spacial score (nSPS) is 10.8. The zero-order valence-corrected chi connectivity index (χ0v) is 13.5. The van der Waals surface area contributed by atoms with Crippen LogP contribution in [0.4, 0.5) is 11.5 Å². The molecule has 22 heavy (non-hydrogen) atoms. The van der Waals surface area contributed by atoms with Crippen LogP contribution in [0.1, 0.15) is 0 Å². The first-order valence-electron chi connectivity index (χ1n) is 6.14. The summed E-state index contributed by atoms with van der Waals surface area (Å²) in [6.45, 7) is 0. The van der Waals surface area contributed by atoms with E-state index in [1.54, 1.807) is 23.0 Å². The number of benzene rings is 1. The summed E-state index contributed by atoms with van der Waals surface area (Å²) in [5.41, 5.74) is 7.10. The van der Waals surface area contributed by atoms with Crippen LogP contribution in [0.15, 0.2) is 30.5 Å². The summed E-state index contributed by atoms with van der Waals surface area (Å²) in [5.74, 6) is 0.494. The molecule has 0 aliphatic carbocycles. The molecule has 3 rings (SSSR count). The second-order valence-corrected chi connectivity index (χ2v) is 5.43. The SMILES string of the molecule is COc1cc(-n2nc(I)c3ccnc(N)c32)ccc1[N+](=O)[O-]. The van der Waals surface area contributed by atoms with Crippen molar-refractivity contribution in [3.8, 4) is 11.4 Å². The van der Waals surface area contributed by atoms with Gasteiger partial charge in [-0.05, 0) is 34.7 Å². The highest BCUT2D eigenvalue weighted by Crippen LogP contribution is 2.32. The van der Waals surface area contributed by atoms with Crippen molar-refractivity contribution in [1.29, 1.82) is 0 Å². The number of methoxy groups -OCH3 is 1. The Hall–Kier alpha value is -2.43. The molecule has 3 aromatic rings. The Bertz CT molecular complexity index is 893. The minimum atomic E-state index is -0.497. The molecule has 112 valence electrons. The van der Waals surface area contributed by atoms with Crippen LogP contribution in [0, 0.1) is 13.8 Å². The van der Waals surface area contributed by atoms with Crippen LogP contribution in [0.25, 0.3) is 16.6 Å². The minimum absolute atomic E-state index is 0.108. The number of nitro groups is 1. The fraction of sp³-hybridized carbons (Fsp3) is 0.0769. The van der Waals surface area contributed by atoms with E-state index in [-0.39, 0.29) is 11.4 Å². The van der Waals surface area contributed by atoms with Crippen LogP contribution in [0.2, 0.25) is 0 Å². The molecule has 0 aliphatic heterocycles. The number of aromatic nitrogens is 3. The molecule has 0 unspecified atom stereocenters. The maximum atomic E-state index is 11.0. The summed E-state index contributed by atoms with van der Waals surface area (Å²) in [7, 11) is 1.38. The molecule has 0 saturated heterocycles. The predicted molar refractivity (Wildman–Crippen MR) is 89.2 cm³/mol. The number of pyridine rings is 1. The van der Waals surface area contributed by atoms with E-state index in [2.05, 4.69) is 32.7 Å². The molecule has 2 N–H and O–H groups in total. The number of anilines is 1. The summed E-state index contributed by atoms with van der Waals surface area (Å²) in [6, 6.07) is 6.34. The van der Waals surface area contributed by atoms with E-state index in [0.717, 1.165) is 9.09 Å². The number of nitrogens with zero attached hydrogens (tertiary/aromatic N) is 4. The number of ether oxygens (including phenoxy) is 1. The molecule has 0 spiro atoms. The van der Waals surface area contributed by atoms with Gasteiger partial charge in [-0.1, -0.05) is 0 Å². The maximum Gasteiger partial charge on any atom is 0.311 e. The Balaban J connectivity index is 2.26. The van der Waals surface area contributed by atoms with Crippen LogP contribution in [0.3, 0.4) is 0 Å². The van der Waals surface area contributed by atoms with E-state index in [9.17, 15) is 10.1 Å². The summed E-state index contributed by atoms with van der Waals surface area (Å²) >= 11 is 2.10. The largest absolute Gasteiger partial charge is 0.490 e. The molecule has 0 amide bonds. The monoisotopic (exact) mass is 411 g/mol. The molecule has 2 aromatic heterocycles. The maximum absolute atomic E-state index is 11.0. The molecule has 0 bridgehead atoms. The number of nitrogen functional groups attached to an aromatic ring is 1. The molecule has 2 heterocycles. The highest BCUT2D eigenvalue weighted by atomic mass is 127. The fourth-order valence-electron chi connectivity index (χ4n) is 2.19. The van der Waals surface area contributed by atoms with Crippen molar-refractivity contribution in [2.75, 3.05) is 12.8 Å². The molecule has 0 radical (unpaired) electrons. The van der Waals surface area contributed by atoms with Gasteiger partial charge in [0.25, 0.3) is 0 Å². The topological polar surface area (TPSA) is 109 Å². The lowest BCUT2D eigenvalue weighted by molar-refractivity contribution is -0.385. The van der Waals surface area contributed by atoms with Gasteiger partial charge in [-0.25, -0.2) is 9.67 Å². The second kappa shape index (κ2) is 5.40. The zero-order chi connectivity index (χ0) is 15.9. The highest BCUT2D eigenvalue weighted by Gasteiger charge is 2.18. The number of rotatable bonds is 3. The van der Waals surface area contributed by atoms with Crippen molar-refractivity contribution in [1.82, 2.24) is 14.8 Å². The summed E-state index contributed by atoms with van der Waals surface area (Å²) in [5, 5.41) is 16.3. The minimum Gasteiger partial charge on any atom is -0.490 e. The molecule has 8 nitrogen and oxygen atoms in total. The van der Waals surface area contributed by atoms with Gasteiger partial charge in [-0.2, -0.15) is 5.10 Å². The van der Waals surface area contributed by atoms with Gasteiger partial charge in [0.2, 0.25) is 0 Å². The van der Waals surface area contributed by atoms with Crippen molar-refractivity contribution in [2.45, 2.75) is 0 Å². The molecule has 1 aromatic carbocycles. The first-order valence-corrected chi connectivity index (χ1v) is 7.22. The Labute approximate surface area is 138 Å². The number of hydrogen-bond acceptors (Lipinski definition) is 6. The van der Waals surface area contributed by atoms with Crippen LogP contribution >= 0.6 is 22.6 Å². The Morgan fingerprint density at radius 3 is 2.86 bits per heavy atom. The lowest BCUT2D eigenvalue weighted by Crippen LogP contribution is -2.02. The first-order chi connectivity index (χ1) is 10.5. The van der Waals surface area contributed by atoms with Gasteiger partial charge >= 0.3 is 5.69 Å². The first kappa shape index (κ1) is 14.5. The zero-order valence-electron chi connectivity index (χ0n) is 11.4. The lowest BCUT2D eigenvalue weighted by atomic mass is 10.2. The molecule has 0 fully saturated rings. The van der Waals surface area contributed by atoms with Gasteiger partial charge < -0.3 is 10.5 Å². The molecule has 0 atom stereocenters. The third-order valence-electron chi connectivity index (χ3n) is 3.18. The van der Waals surface area contributed by atoms with E-state index >= 15 is 0 Å². The number of fused-ring (bicyclic) bond motifs is 1. The fourth-order valence-corrected chi connectivity index (χ4v) is 2.84. The van der Waals surface area contributed by atoms with Crippen LogP contribution in [-0.4, -0.2) is 26.8 Å². The highest BCUT2D eigenvalue weighted by molar-refractivity contribution is 14.1. The number of nitrogens with two attached hydrogens (primary N) is 1. The third kappa shape index (κ3) is 2.22. The Morgan fingerprint density at radius 1 is 1.41 bits per heavy atom. The third-order valence-corrected chi connectivity index (χ3v) is 3.98. The van der Waals surface area contributed by atoms with E-state index in [4.69, 9.17) is 10.5 Å². The average molecular weight is 411 g/mol. The van der Waals surface area contributed by atoms with Crippen molar-refractivity contribution in [2.24, 2.45) is 0 Å². The van der Waals surface area contributed by atoms with Crippen molar-refractivity contribution in [3.63, 3.8) is 0 Å². The second-order valence-electron chi connectivity index (χ2n) is 4.41. The van der Waals surface area contributed by atoms with Crippen molar-refractivity contribution < 1.29 is 9.66 Å². The van der Waals surface area contributed by atoms with E-state index in [1.165, 1.54) is 13.2 Å². The van der Waals surface area contributed by atoms with Crippen LogP contribution in [0.5, 0.6) is 5.75 Å². The van der Waals surface area contributed by atoms with E-state index < -0.39 is 4.92 Å². The van der Waals surface area contributed by atoms with Crippen molar-refractivity contribution in [3.05, 3.63) is 44.3 Å². The van der Waals surface area contributed by atoms with Gasteiger partial charge in [0, 0.05) is 23.7 Å². The smallest absolute Gasteiger partial charge is 0.311 e. The van der Waals surface area contributed by atoms with Gasteiger partial charge in [-0.3, -0.25) is 10.1 Å². The number of nitro benzene ring substituents is 1. The lowest BCUT2D eigenvalue weighted by Gasteiger charge is -2.07. The standard InChI is InChI=1S/C13H10IN5O3/c1-22-10-6-7(2-3-9(10)19(20)21)18-11-8(12(14)17-18)4-5-16-13(11)15/h2-6H,1H3,(H2,15,16). The summed E-state index contributed by atoms with van der Waals surface area (Å²) in [4.78, 5) is 14.5. The average Bonchev–Trinajstić information content (AvgIpc) is 2.85. The number of hydrogen-bond donors (Lipinski definition) is 1. The Kier molecular flexibility index (Phi) is 3.56. The van der Waals surface area contributed by atoms with E-state index in [0.29, 0.717) is 17.0 Å². The predicted octanol–water partition coefficient (Wildman–Crippen LogP) is 2.52. The van der Waals surface area contributed by atoms with Gasteiger partial charge in [-0.15, -0.1) is 0 Å². The van der Waals surface area contributed by atoms with Gasteiger partial charge in [0.05, 0.1) is 17.7 Å². The van der Waals surface area contributed by atoms with Crippen LogP contribution in [-0.2, 0) is 0 Å². The van der Waals surface area contributed by atoms with Gasteiger partial charge in [0.1, 0.15) is 15.0 Å². The summed E-state index contributed by atoms with van der Waals surface area (Å²) < 4.78 is 7.45. The van der Waals surface area contributed by atoms with E-state index in [1.807, 2.05) is 6.07 Å². The molecule has 0 saturated carbocycles. The summed E-state index contributed by atoms with van der Waals surface area (Å²) in [6.07, 6.45) is 1.61.